The number of carbonyl (C=O) groups is 2. The minimum Gasteiger partial charge on any atom is -0.495 e. The third kappa shape index (κ3) is 4.28. The normalized spacial score (nSPS) is 15.8. The molecule has 0 unspecified atom stereocenters. The average Bonchev–Trinajstić information content (AvgIpc) is 2.72. The van der Waals surface area contributed by atoms with Crippen LogP contribution in [0, 0.1) is 0 Å². The van der Waals surface area contributed by atoms with E-state index in [1.165, 1.54) is 21.3 Å². The summed E-state index contributed by atoms with van der Waals surface area (Å²) in [6, 6.07) is 8.99. The number of nitrogens with one attached hydrogen (secondary N) is 3. The second-order valence-corrected chi connectivity index (χ2v) is 6.92. The van der Waals surface area contributed by atoms with Gasteiger partial charge < -0.3 is 30.2 Å². The first-order chi connectivity index (χ1) is 14.4. The Balaban J connectivity index is 2.00. The first kappa shape index (κ1) is 21.3. The molecule has 158 valence electrons. The molecule has 0 bridgehead atoms. The lowest BCUT2D eigenvalue weighted by atomic mass is 9.94. The number of benzene rings is 2. The van der Waals surface area contributed by atoms with Crippen molar-refractivity contribution in [1.29, 1.82) is 0 Å². The third-order valence-electron chi connectivity index (χ3n) is 4.66. The second-order valence-electron chi connectivity index (χ2n) is 6.48. The lowest BCUT2D eigenvalue weighted by Gasteiger charge is -2.29. The maximum Gasteiger partial charge on any atom is 0.319 e. The van der Waals surface area contributed by atoms with Crippen LogP contribution in [0.3, 0.4) is 0 Å². The van der Waals surface area contributed by atoms with Crippen molar-refractivity contribution in [3.05, 3.63) is 58.3 Å². The number of carbonyl (C=O) groups excluding carboxylic acids is 2. The molecule has 1 heterocycles. The zero-order chi connectivity index (χ0) is 21.8. The molecule has 2 aromatic rings. The summed E-state index contributed by atoms with van der Waals surface area (Å²) >= 11 is 6.06. The van der Waals surface area contributed by atoms with Crippen molar-refractivity contribution < 1.29 is 23.8 Å². The summed E-state index contributed by atoms with van der Waals surface area (Å²) in [6.45, 7) is 1.66. The molecular weight excluding hydrogens is 410 g/mol. The predicted molar refractivity (Wildman–Crippen MR) is 113 cm³/mol. The summed E-state index contributed by atoms with van der Waals surface area (Å²) < 4.78 is 15.9. The lowest BCUT2D eigenvalue weighted by molar-refractivity contribution is -0.113. The first-order valence-electron chi connectivity index (χ1n) is 9.03. The van der Waals surface area contributed by atoms with Gasteiger partial charge in [0.05, 0.1) is 38.6 Å². The molecular formula is C21H22ClN3O5. The minimum absolute atomic E-state index is 0.337. The Labute approximate surface area is 179 Å². The minimum atomic E-state index is -0.705. The van der Waals surface area contributed by atoms with Crippen molar-refractivity contribution in [2.45, 2.75) is 13.0 Å². The van der Waals surface area contributed by atoms with Gasteiger partial charge in [-0.25, -0.2) is 4.79 Å². The number of hydrogen-bond acceptors (Lipinski definition) is 5. The molecule has 1 aliphatic heterocycles. The zero-order valence-electron chi connectivity index (χ0n) is 17.0. The fourth-order valence-corrected chi connectivity index (χ4v) is 3.42. The van der Waals surface area contributed by atoms with Gasteiger partial charge in [0, 0.05) is 10.7 Å². The summed E-state index contributed by atoms with van der Waals surface area (Å²) in [5.41, 5.74) is 1.84. The molecule has 0 radical (unpaired) electrons. The van der Waals surface area contributed by atoms with Crippen LogP contribution in [0.15, 0.2) is 47.7 Å². The van der Waals surface area contributed by atoms with Crippen LogP contribution in [0.2, 0.25) is 5.02 Å². The summed E-state index contributed by atoms with van der Waals surface area (Å²) in [4.78, 5) is 25.3. The highest BCUT2D eigenvalue weighted by atomic mass is 35.5. The number of amides is 3. The van der Waals surface area contributed by atoms with Crippen molar-refractivity contribution >= 4 is 29.2 Å². The van der Waals surface area contributed by atoms with Crippen LogP contribution in [0.5, 0.6) is 17.2 Å². The second kappa shape index (κ2) is 8.96. The highest BCUT2D eigenvalue weighted by Gasteiger charge is 2.32. The average molecular weight is 432 g/mol. The molecule has 0 aromatic heterocycles. The Morgan fingerprint density at radius 1 is 1.00 bits per heavy atom. The van der Waals surface area contributed by atoms with Crippen LogP contribution < -0.4 is 30.2 Å². The van der Waals surface area contributed by atoms with E-state index in [0.717, 1.165) is 0 Å². The molecule has 0 aliphatic carbocycles. The van der Waals surface area contributed by atoms with Crippen LogP contribution in [-0.2, 0) is 4.79 Å². The van der Waals surface area contributed by atoms with Crippen molar-refractivity contribution in [2.24, 2.45) is 0 Å². The number of urea groups is 1. The zero-order valence-corrected chi connectivity index (χ0v) is 17.7. The van der Waals surface area contributed by atoms with E-state index in [0.29, 0.717) is 44.8 Å². The molecule has 8 nitrogen and oxygen atoms in total. The molecule has 0 fully saturated rings. The fraction of sp³-hybridized carbons (Fsp3) is 0.238. The molecule has 30 heavy (non-hydrogen) atoms. The van der Waals surface area contributed by atoms with Gasteiger partial charge in [0.15, 0.2) is 11.5 Å². The lowest BCUT2D eigenvalue weighted by Crippen LogP contribution is -2.46. The van der Waals surface area contributed by atoms with Gasteiger partial charge in [-0.1, -0.05) is 17.7 Å². The van der Waals surface area contributed by atoms with Gasteiger partial charge in [-0.15, -0.1) is 0 Å². The molecule has 0 saturated carbocycles. The van der Waals surface area contributed by atoms with E-state index in [9.17, 15) is 9.59 Å². The van der Waals surface area contributed by atoms with Gasteiger partial charge in [0.2, 0.25) is 0 Å². The van der Waals surface area contributed by atoms with Gasteiger partial charge in [-0.2, -0.15) is 0 Å². The fourth-order valence-electron chi connectivity index (χ4n) is 3.24. The van der Waals surface area contributed by atoms with Gasteiger partial charge in [-0.3, -0.25) is 4.79 Å². The van der Waals surface area contributed by atoms with E-state index in [2.05, 4.69) is 16.0 Å². The number of rotatable bonds is 6. The van der Waals surface area contributed by atoms with Gasteiger partial charge in [0.25, 0.3) is 5.91 Å². The third-order valence-corrected chi connectivity index (χ3v) is 4.90. The number of halogens is 1. The standard InChI is InChI=1S/C21H22ClN3O5/c1-11-18(20(26)24-14-10-13(22)6-8-15(14)28-2)19(25-21(27)23-11)12-5-7-16(29-3)17(9-12)30-4/h5-10,19H,1-4H3,(H,24,26)(H2,23,25,27)/t19-/m0/s1. The Morgan fingerprint density at radius 2 is 1.67 bits per heavy atom. The Morgan fingerprint density at radius 3 is 2.33 bits per heavy atom. The van der Waals surface area contributed by atoms with Crippen molar-refractivity contribution in [2.75, 3.05) is 26.6 Å². The molecule has 0 spiro atoms. The summed E-state index contributed by atoms with van der Waals surface area (Å²) in [7, 11) is 4.55. The molecule has 3 rings (SSSR count). The van der Waals surface area contributed by atoms with E-state index in [1.54, 1.807) is 43.3 Å². The number of anilines is 1. The topological polar surface area (TPSA) is 97.9 Å². The number of methoxy groups -OCH3 is 3. The van der Waals surface area contributed by atoms with Crippen molar-refractivity contribution in [1.82, 2.24) is 10.6 Å². The maximum absolute atomic E-state index is 13.2. The highest BCUT2D eigenvalue weighted by Crippen LogP contribution is 2.35. The number of ether oxygens (including phenoxy) is 3. The predicted octanol–water partition coefficient (Wildman–Crippen LogP) is 3.63. The van der Waals surface area contributed by atoms with Crippen LogP contribution >= 0.6 is 11.6 Å². The summed E-state index contributed by atoms with van der Waals surface area (Å²) in [6.07, 6.45) is 0. The first-order valence-corrected chi connectivity index (χ1v) is 9.40. The largest absolute Gasteiger partial charge is 0.495 e. The Kier molecular flexibility index (Phi) is 6.37. The van der Waals surface area contributed by atoms with Gasteiger partial charge in [0.1, 0.15) is 5.75 Å². The summed E-state index contributed by atoms with van der Waals surface area (Å²) in [5, 5.41) is 8.69. The van der Waals surface area contributed by atoms with E-state index in [-0.39, 0.29) is 0 Å². The Hall–Kier alpha value is -3.39. The Bertz CT molecular complexity index is 1020. The van der Waals surface area contributed by atoms with Gasteiger partial charge in [-0.05, 0) is 42.8 Å². The molecule has 3 amide bonds. The summed E-state index contributed by atoms with van der Waals surface area (Å²) in [5.74, 6) is 1.07. The van der Waals surface area contributed by atoms with Gasteiger partial charge >= 0.3 is 6.03 Å². The molecule has 1 atom stereocenters. The molecule has 1 aliphatic rings. The van der Waals surface area contributed by atoms with Crippen molar-refractivity contribution in [3.8, 4) is 17.2 Å². The van der Waals surface area contributed by atoms with Crippen LogP contribution in [0.25, 0.3) is 0 Å². The monoisotopic (exact) mass is 431 g/mol. The van der Waals surface area contributed by atoms with Crippen LogP contribution in [0.4, 0.5) is 10.5 Å². The van der Waals surface area contributed by atoms with E-state index in [4.69, 9.17) is 25.8 Å². The highest BCUT2D eigenvalue weighted by molar-refractivity contribution is 6.31. The molecule has 2 aromatic carbocycles. The smallest absolute Gasteiger partial charge is 0.319 e. The van der Waals surface area contributed by atoms with E-state index < -0.39 is 18.0 Å². The molecule has 0 saturated heterocycles. The molecule has 9 heteroatoms. The SMILES string of the molecule is COc1ccc(Cl)cc1NC(=O)C1=C(C)NC(=O)N[C@H]1c1ccc(OC)c(OC)c1. The molecule has 3 N–H and O–H groups in total. The van der Waals surface area contributed by atoms with E-state index >= 15 is 0 Å². The maximum atomic E-state index is 13.2. The van der Waals surface area contributed by atoms with E-state index in [1.807, 2.05) is 0 Å². The van der Waals surface area contributed by atoms with Crippen LogP contribution in [0.1, 0.15) is 18.5 Å². The quantitative estimate of drug-likeness (QED) is 0.648. The number of allylic oxidation sites excluding steroid dienone is 1. The number of hydrogen-bond donors (Lipinski definition) is 3. The van der Waals surface area contributed by atoms with Crippen LogP contribution in [-0.4, -0.2) is 33.3 Å². The van der Waals surface area contributed by atoms with Crippen molar-refractivity contribution in [3.63, 3.8) is 0 Å².